The van der Waals surface area contributed by atoms with Crippen LogP contribution in [0.5, 0.6) is 0 Å². The summed E-state index contributed by atoms with van der Waals surface area (Å²) in [5.41, 5.74) is 4.04. The number of benzene rings is 2. The van der Waals surface area contributed by atoms with Crippen LogP contribution in [0.4, 0.5) is 0 Å². The van der Waals surface area contributed by atoms with E-state index in [0.29, 0.717) is 18.0 Å². The molecule has 0 aliphatic carbocycles. The highest BCUT2D eigenvalue weighted by Crippen LogP contribution is 2.29. The Bertz CT molecular complexity index is 665. The molecule has 1 aliphatic rings. The minimum atomic E-state index is 0.440. The van der Waals surface area contributed by atoms with Gasteiger partial charge >= 0.3 is 0 Å². The van der Waals surface area contributed by atoms with Gasteiger partial charge in [-0.1, -0.05) is 72.8 Å². The highest BCUT2D eigenvalue weighted by molar-refractivity contribution is 5.17. The Morgan fingerprint density at radius 1 is 1.04 bits per heavy atom. The number of rotatable bonds is 6. The van der Waals surface area contributed by atoms with Crippen molar-refractivity contribution in [2.24, 2.45) is 5.92 Å². The Kier molecular flexibility index (Phi) is 6.06. The third-order valence-corrected chi connectivity index (χ3v) is 5.50. The van der Waals surface area contributed by atoms with E-state index in [1.54, 1.807) is 0 Å². The summed E-state index contributed by atoms with van der Waals surface area (Å²) in [6, 6.07) is 22.4. The average Bonchev–Trinajstić information content (AvgIpc) is 2.64. The lowest BCUT2D eigenvalue weighted by atomic mass is 9.81. The molecule has 0 saturated carbocycles. The van der Waals surface area contributed by atoms with Crippen LogP contribution >= 0.6 is 0 Å². The molecule has 2 heteroatoms. The number of nitrogens with zero attached hydrogens (tertiary/aromatic N) is 1. The molecule has 1 fully saturated rings. The Morgan fingerprint density at radius 2 is 1.64 bits per heavy atom. The zero-order valence-corrected chi connectivity index (χ0v) is 15.5. The molecule has 1 saturated heterocycles. The van der Waals surface area contributed by atoms with Crippen molar-refractivity contribution < 1.29 is 0 Å². The first-order valence-corrected chi connectivity index (χ1v) is 9.36. The summed E-state index contributed by atoms with van der Waals surface area (Å²) in [7, 11) is 0. The second-order valence-corrected chi connectivity index (χ2v) is 7.33. The second-order valence-electron chi connectivity index (χ2n) is 7.33. The van der Waals surface area contributed by atoms with Gasteiger partial charge in [0.2, 0.25) is 0 Å². The molecule has 0 amide bonds. The molecule has 2 aromatic carbocycles. The first-order valence-electron chi connectivity index (χ1n) is 9.36. The maximum Gasteiger partial charge on any atom is 0.0289 e. The first kappa shape index (κ1) is 17.9. The van der Waals surface area contributed by atoms with Gasteiger partial charge < -0.3 is 5.32 Å². The molecule has 0 spiro atoms. The van der Waals surface area contributed by atoms with Gasteiger partial charge in [-0.2, -0.15) is 0 Å². The van der Waals surface area contributed by atoms with Crippen LogP contribution in [0.25, 0.3) is 0 Å². The third-order valence-electron chi connectivity index (χ3n) is 5.50. The maximum absolute atomic E-state index is 4.27. The van der Waals surface area contributed by atoms with Gasteiger partial charge in [0.15, 0.2) is 0 Å². The van der Waals surface area contributed by atoms with Crippen molar-refractivity contribution in [1.82, 2.24) is 10.2 Å². The molecule has 1 heterocycles. The smallest absolute Gasteiger partial charge is 0.0289 e. The molecule has 1 N–H and O–H groups in total. The van der Waals surface area contributed by atoms with Crippen molar-refractivity contribution in [1.29, 1.82) is 0 Å². The normalized spacial score (nSPS) is 24.2. The summed E-state index contributed by atoms with van der Waals surface area (Å²) < 4.78 is 0. The lowest BCUT2D eigenvalue weighted by Gasteiger charge is -2.45. The van der Waals surface area contributed by atoms with Crippen LogP contribution in [0.15, 0.2) is 72.8 Å². The zero-order chi connectivity index (χ0) is 17.6. The molecule has 3 rings (SSSR count). The summed E-state index contributed by atoms with van der Waals surface area (Å²) in [6.45, 7) is 11.9. The van der Waals surface area contributed by atoms with Crippen molar-refractivity contribution in [3.8, 4) is 0 Å². The van der Waals surface area contributed by atoms with Gasteiger partial charge in [0.25, 0.3) is 0 Å². The van der Waals surface area contributed by atoms with Crippen molar-refractivity contribution in [2.75, 3.05) is 6.54 Å². The molecular weight excluding hydrogens is 304 g/mol. The summed E-state index contributed by atoms with van der Waals surface area (Å²) in [5.74, 6) is 0.547. The second kappa shape index (κ2) is 8.46. The minimum Gasteiger partial charge on any atom is -0.308 e. The third kappa shape index (κ3) is 4.59. The van der Waals surface area contributed by atoms with Crippen LogP contribution in [-0.4, -0.2) is 23.5 Å². The Balaban J connectivity index is 1.70. The zero-order valence-electron chi connectivity index (χ0n) is 15.5. The fourth-order valence-corrected chi connectivity index (χ4v) is 3.99. The Hall–Kier alpha value is -1.90. The van der Waals surface area contributed by atoms with Crippen molar-refractivity contribution in [2.45, 2.75) is 45.4 Å². The standard InChI is InChI=1S/C23H30N2/c1-18(2)22-14-15-25(17-21-12-8-5-9-13-21)19(3)23(22)24-16-20-10-6-4-7-11-20/h4-13,19,22-24H,1,14-17H2,2-3H3/t19-,22+,23+/m0/s1. The molecule has 25 heavy (non-hydrogen) atoms. The number of likely N-dealkylation sites (tertiary alicyclic amines) is 1. The SMILES string of the molecule is C=C(C)[C@H]1CCN(Cc2ccccc2)[C@@H](C)[C@H]1NCc1ccccc1. The quantitative estimate of drug-likeness (QED) is 0.775. The van der Waals surface area contributed by atoms with Gasteiger partial charge in [0.1, 0.15) is 0 Å². The Morgan fingerprint density at radius 3 is 2.24 bits per heavy atom. The summed E-state index contributed by atoms with van der Waals surface area (Å²) in [6.07, 6.45) is 1.18. The van der Waals surface area contributed by atoms with Gasteiger partial charge in [-0.05, 0) is 43.9 Å². The molecular formula is C23H30N2. The summed E-state index contributed by atoms with van der Waals surface area (Å²) in [5, 5.41) is 3.83. The lowest BCUT2D eigenvalue weighted by molar-refractivity contribution is 0.0867. The van der Waals surface area contributed by atoms with Crippen LogP contribution in [0.2, 0.25) is 0 Å². The maximum atomic E-state index is 4.27. The van der Waals surface area contributed by atoms with Crippen molar-refractivity contribution in [3.05, 3.63) is 83.9 Å². The summed E-state index contributed by atoms with van der Waals surface area (Å²) in [4.78, 5) is 2.61. The molecule has 3 atom stereocenters. The highest BCUT2D eigenvalue weighted by atomic mass is 15.2. The van der Waals surface area contributed by atoms with Gasteiger partial charge in [-0.15, -0.1) is 0 Å². The number of piperidine rings is 1. The first-order chi connectivity index (χ1) is 12.1. The van der Waals surface area contributed by atoms with E-state index in [2.05, 4.69) is 91.3 Å². The fourth-order valence-electron chi connectivity index (χ4n) is 3.99. The van der Waals surface area contributed by atoms with Crippen LogP contribution in [0, 0.1) is 5.92 Å². The largest absolute Gasteiger partial charge is 0.308 e. The average molecular weight is 335 g/mol. The molecule has 132 valence electrons. The van der Waals surface area contributed by atoms with Crippen LogP contribution in [0.3, 0.4) is 0 Å². The minimum absolute atomic E-state index is 0.440. The predicted octanol–water partition coefficient (Wildman–Crippen LogP) is 4.63. The summed E-state index contributed by atoms with van der Waals surface area (Å²) >= 11 is 0. The van der Waals surface area contributed by atoms with Crippen molar-refractivity contribution in [3.63, 3.8) is 0 Å². The number of hydrogen-bond donors (Lipinski definition) is 1. The molecule has 0 bridgehead atoms. The van der Waals surface area contributed by atoms with E-state index in [1.807, 2.05) is 0 Å². The van der Waals surface area contributed by atoms with E-state index in [1.165, 1.54) is 23.1 Å². The Labute approximate surface area is 152 Å². The topological polar surface area (TPSA) is 15.3 Å². The van der Waals surface area contributed by atoms with Gasteiger partial charge in [0.05, 0.1) is 0 Å². The van der Waals surface area contributed by atoms with E-state index >= 15 is 0 Å². The van der Waals surface area contributed by atoms with Crippen molar-refractivity contribution >= 4 is 0 Å². The van der Waals surface area contributed by atoms with Crippen LogP contribution < -0.4 is 5.32 Å². The molecule has 2 aromatic rings. The monoisotopic (exact) mass is 334 g/mol. The van der Waals surface area contributed by atoms with Gasteiger partial charge in [-0.25, -0.2) is 0 Å². The molecule has 0 radical (unpaired) electrons. The molecule has 0 aromatic heterocycles. The van der Waals surface area contributed by atoms with E-state index in [-0.39, 0.29) is 0 Å². The molecule has 1 aliphatic heterocycles. The number of nitrogens with one attached hydrogen (secondary N) is 1. The number of hydrogen-bond acceptors (Lipinski definition) is 2. The molecule has 2 nitrogen and oxygen atoms in total. The van der Waals surface area contributed by atoms with Gasteiger partial charge in [-0.3, -0.25) is 4.90 Å². The fraction of sp³-hybridized carbons (Fsp3) is 0.391. The van der Waals surface area contributed by atoms with Crippen LogP contribution in [0.1, 0.15) is 31.4 Å². The van der Waals surface area contributed by atoms with Crippen LogP contribution in [-0.2, 0) is 13.1 Å². The van der Waals surface area contributed by atoms with E-state index in [4.69, 9.17) is 0 Å². The molecule has 0 unspecified atom stereocenters. The van der Waals surface area contributed by atoms with Gasteiger partial charge in [0, 0.05) is 25.2 Å². The van der Waals surface area contributed by atoms with E-state index in [9.17, 15) is 0 Å². The lowest BCUT2D eigenvalue weighted by Crippen LogP contribution is -2.56. The van der Waals surface area contributed by atoms with E-state index in [0.717, 1.165) is 19.6 Å². The van der Waals surface area contributed by atoms with E-state index < -0.39 is 0 Å². The highest BCUT2D eigenvalue weighted by Gasteiger charge is 2.35. The predicted molar refractivity (Wildman–Crippen MR) is 106 cm³/mol.